The molecule has 0 amide bonds. The smallest absolute Gasteiger partial charge is 0.481 e. The summed E-state index contributed by atoms with van der Waals surface area (Å²) in [7, 11) is 1.18. The van der Waals surface area contributed by atoms with Gasteiger partial charge in [-0.25, -0.2) is 4.98 Å². The molecular formula is C13H22BNO4. The quantitative estimate of drug-likeness (QED) is 0.745. The van der Waals surface area contributed by atoms with Gasteiger partial charge in [-0.3, -0.25) is 0 Å². The van der Waals surface area contributed by atoms with Gasteiger partial charge in [-0.2, -0.15) is 0 Å². The highest BCUT2D eigenvalue weighted by Crippen LogP contribution is 2.36. The number of hydrogen-bond donors (Lipinski definition) is 0. The molecule has 0 atom stereocenters. The molecule has 2 N–H and O–H groups in total. The van der Waals surface area contributed by atoms with Crippen molar-refractivity contribution < 1.29 is 19.5 Å². The fourth-order valence-electron chi connectivity index (χ4n) is 1.86. The van der Waals surface area contributed by atoms with E-state index in [-0.39, 0.29) is 16.7 Å². The minimum atomic E-state index is -0.432. The van der Waals surface area contributed by atoms with Gasteiger partial charge in [0.25, 0.3) is 0 Å². The molecule has 1 aliphatic rings. The molecule has 0 saturated carbocycles. The number of pyridine rings is 1. The van der Waals surface area contributed by atoms with Gasteiger partial charge in [0.1, 0.15) is 0 Å². The van der Waals surface area contributed by atoms with E-state index in [1.165, 1.54) is 0 Å². The van der Waals surface area contributed by atoms with Crippen molar-refractivity contribution in [1.29, 1.82) is 0 Å². The summed E-state index contributed by atoms with van der Waals surface area (Å²) < 4.78 is 17.3. The van der Waals surface area contributed by atoms with Gasteiger partial charge in [0.15, 0.2) is 0 Å². The molecular weight excluding hydrogens is 245 g/mol. The highest BCUT2D eigenvalue weighted by atomic mass is 16.7. The Kier molecular flexibility index (Phi) is 4.29. The molecule has 0 aromatic carbocycles. The summed E-state index contributed by atoms with van der Waals surface area (Å²) in [6.07, 6.45) is 0. The second kappa shape index (κ2) is 5.11. The number of aryl methyl sites for hydroxylation is 1. The van der Waals surface area contributed by atoms with E-state index in [0.717, 1.165) is 11.2 Å². The first-order valence-corrected chi connectivity index (χ1v) is 6.14. The lowest BCUT2D eigenvalue weighted by Gasteiger charge is -2.32. The van der Waals surface area contributed by atoms with Gasteiger partial charge in [0.05, 0.1) is 18.3 Å². The van der Waals surface area contributed by atoms with E-state index < -0.39 is 7.12 Å². The fourth-order valence-corrected chi connectivity index (χ4v) is 1.86. The maximum atomic E-state index is 5.99. The predicted octanol–water partition coefficient (Wildman–Crippen LogP) is 0.873. The van der Waals surface area contributed by atoms with Crippen molar-refractivity contribution >= 4 is 12.6 Å². The second-order valence-corrected chi connectivity index (χ2v) is 5.64. The van der Waals surface area contributed by atoms with Gasteiger partial charge in [-0.15, -0.1) is 0 Å². The predicted molar refractivity (Wildman–Crippen MR) is 74.9 cm³/mol. The molecule has 2 heterocycles. The van der Waals surface area contributed by atoms with Crippen LogP contribution in [0, 0.1) is 6.92 Å². The molecule has 5 nitrogen and oxygen atoms in total. The van der Waals surface area contributed by atoms with E-state index in [4.69, 9.17) is 14.0 Å². The summed E-state index contributed by atoms with van der Waals surface area (Å²) in [6.45, 7) is 10.0. The molecule has 1 saturated heterocycles. The van der Waals surface area contributed by atoms with Crippen LogP contribution in [-0.2, 0) is 9.31 Å². The number of nitrogens with zero attached hydrogens (tertiary/aromatic N) is 1. The molecule has 0 aliphatic carbocycles. The Morgan fingerprint density at radius 3 is 2.11 bits per heavy atom. The van der Waals surface area contributed by atoms with Crippen LogP contribution >= 0.6 is 0 Å². The van der Waals surface area contributed by atoms with Crippen LogP contribution in [0.3, 0.4) is 0 Å². The highest BCUT2D eigenvalue weighted by Gasteiger charge is 2.52. The Balaban J connectivity index is 0.00000180. The van der Waals surface area contributed by atoms with Crippen LogP contribution in [0.4, 0.5) is 0 Å². The molecule has 2 rings (SSSR count). The van der Waals surface area contributed by atoms with Gasteiger partial charge >= 0.3 is 7.12 Å². The Hall–Kier alpha value is -1.11. The largest absolute Gasteiger partial charge is 0.500 e. The SMILES string of the molecule is COc1nc(C)ccc1B1OC(C)(C)C(C)(C)O1.O. The molecule has 1 aliphatic heterocycles. The van der Waals surface area contributed by atoms with Crippen molar-refractivity contribution in [1.82, 2.24) is 4.98 Å². The van der Waals surface area contributed by atoms with Crippen LogP contribution in [0.25, 0.3) is 0 Å². The summed E-state index contributed by atoms with van der Waals surface area (Å²) in [6, 6.07) is 3.88. The average Bonchev–Trinajstić information content (AvgIpc) is 2.47. The maximum Gasteiger partial charge on any atom is 0.500 e. The Morgan fingerprint density at radius 2 is 1.63 bits per heavy atom. The van der Waals surface area contributed by atoms with Gasteiger partial charge in [0.2, 0.25) is 5.88 Å². The zero-order valence-corrected chi connectivity index (χ0v) is 12.4. The molecule has 0 spiro atoms. The maximum absolute atomic E-state index is 5.99. The zero-order chi connectivity index (χ0) is 13.6. The van der Waals surface area contributed by atoms with Crippen molar-refractivity contribution in [2.45, 2.75) is 45.8 Å². The fraction of sp³-hybridized carbons (Fsp3) is 0.615. The van der Waals surface area contributed by atoms with Gasteiger partial charge in [-0.05, 0) is 40.7 Å². The standard InChI is InChI=1S/C13H20BNO3.H2O/c1-9-7-8-10(11(15-9)16-6)14-17-12(2,3)13(4,5)18-14;/h7-8H,1-6H3;1H2. The first-order valence-electron chi connectivity index (χ1n) is 6.14. The lowest BCUT2D eigenvalue weighted by Crippen LogP contribution is -2.41. The van der Waals surface area contributed by atoms with Crippen molar-refractivity contribution in [2.75, 3.05) is 7.11 Å². The van der Waals surface area contributed by atoms with Gasteiger partial charge < -0.3 is 19.5 Å². The normalized spacial score (nSPS) is 20.0. The summed E-state index contributed by atoms with van der Waals surface area (Å²) in [5.74, 6) is 0.563. The van der Waals surface area contributed by atoms with E-state index in [1.807, 2.05) is 46.8 Å². The number of aromatic nitrogens is 1. The van der Waals surface area contributed by atoms with Crippen LogP contribution in [0.15, 0.2) is 12.1 Å². The minimum absolute atomic E-state index is 0. The number of ether oxygens (including phenoxy) is 1. The van der Waals surface area contributed by atoms with Crippen molar-refractivity contribution in [3.05, 3.63) is 17.8 Å². The Labute approximate surface area is 114 Å². The van der Waals surface area contributed by atoms with Crippen molar-refractivity contribution in [3.8, 4) is 5.88 Å². The van der Waals surface area contributed by atoms with E-state index >= 15 is 0 Å². The Morgan fingerprint density at radius 1 is 1.11 bits per heavy atom. The molecule has 1 fully saturated rings. The molecule has 106 valence electrons. The van der Waals surface area contributed by atoms with Crippen LogP contribution in [-0.4, -0.2) is 35.9 Å². The topological polar surface area (TPSA) is 72.1 Å². The number of hydrogen-bond acceptors (Lipinski definition) is 4. The van der Waals surface area contributed by atoms with Crippen LogP contribution < -0.4 is 10.2 Å². The molecule has 1 aromatic rings. The molecule has 0 radical (unpaired) electrons. The highest BCUT2D eigenvalue weighted by molar-refractivity contribution is 6.63. The van der Waals surface area contributed by atoms with Gasteiger partial charge in [-0.1, -0.05) is 6.07 Å². The van der Waals surface area contributed by atoms with E-state index in [2.05, 4.69) is 4.98 Å². The molecule has 6 heteroatoms. The lowest BCUT2D eigenvalue weighted by atomic mass is 9.79. The third-order valence-electron chi connectivity index (χ3n) is 3.73. The van der Waals surface area contributed by atoms with Crippen LogP contribution in [0.5, 0.6) is 5.88 Å². The third-order valence-corrected chi connectivity index (χ3v) is 3.73. The van der Waals surface area contributed by atoms with Crippen molar-refractivity contribution in [2.24, 2.45) is 0 Å². The van der Waals surface area contributed by atoms with E-state index in [9.17, 15) is 0 Å². The second-order valence-electron chi connectivity index (χ2n) is 5.64. The first-order chi connectivity index (χ1) is 8.27. The summed E-state index contributed by atoms with van der Waals surface area (Å²) in [4.78, 5) is 4.35. The van der Waals surface area contributed by atoms with E-state index in [0.29, 0.717) is 5.88 Å². The van der Waals surface area contributed by atoms with Crippen molar-refractivity contribution in [3.63, 3.8) is 0 Å². The molecule has 0 unspecified atom stereocenters. The zero-order valence-electron chi connectivity index (χ0n) is 12.4. The molecule has 0 bridgehead atoms. The third kappa shape index (κ3) is 2.75. The summed E-state index contributed by atoms with van der Waals surface area (Å²) in [5, 5.41) is 0. The van der Waals surface area contributed by atoms with Gasteiger partial charge in [0, 0.05) is 11.2 Å². The number of methoxy groups -OCH3 is 1. The lowest BCUT2D eigenvalue weighted by molar-refractivity contribution is 0.00578. The minimum Gasteiger partial charge on any atom is -0.481 e. The molecule has 1 aromatic heterocycles. The summed E-state index contributed by atoms with van der Waals surface area (Å²) in [5.41, 5.74) is 1.04. The van der Waals surface area contributed by atoms with Crippen LogP contribution in [0.1, 0.15) is 33.4 Å². The number of rotatable bonds is 2. The summed E-state index contributed by atoms with van der Waals surface area (Å²) >= 11 is 0. The van der Waals surface area contributed by atoms with E-state index in [1.54, 1.807) is 7.11 Å². The Bertz CT molecular complexity index is 446. The monoisotopic (exact) mass is 267 g/mol. The first kappa shape index (κ1) is 16.0. The van der Waals surface area contributed by atoms with Crippen LogP contribution in [0.2, 0.25) is 0 Å². The average molecular weight is 267 g/mol. The molecule has 19 heavy (non-hydrogen) atoms.